The molecule has 2 aromatic rings. The zero-order valence-corrected chi connectivity index (χ0v) is 12.5. The quantitative estimate of drug-likeness (QED) is 0.808. The van der Waals surface area contributed by atoms with Gasteiger partial charge in [0.15, 0.2) is 0 Å². The van der Waals surface area contributed by atoms with Crippen molar-refractivity contribution in [1.82, 2.24) is 5.16 Å². The van der Waals surface area contributed by atoms with Crippen LogP contribution < -0.4 is 9.80 Å². The standard InChI is InChI=1S/C16H19N3O2/c1-11-10-15(21-17-11)16(20)19-12(2)8-9-18(3)13-6-4-5-7-14(13)19/h4-7,10,12H,8-9H2,1-3H3. The minimum atomic E-state index is -0.133. The van der Waals surface area contributed by atoms with Crippen LogP contribution in [0.3, 0.4) is 0 Å². The van der Waals surface area contributed by atoms with Crippen molar-refractivity contribution in [3.63, 3.8) is 0 Å². The lowest BCUT2D eigenvalue weighted by Crippen LogP contribution is -2.38. The molecule has 0 saturated carbocycles. The topological polar surface area (TPSA) is 49.6 Å². The van der Waals surface area contributed by atoms with Crippen LogP contribution in [0.1, 0.15) is 29.6 Å². The molecule has 110 valence electrons. The van der Waals surface area contributed by atoms with E-state index < -0.39 is 0 Å². The maximum absolute atomic E-state index is 12.8. The molecule has 1 aliphatic rings. The smallest absolute Gasteiger partial charge is 0.297 e. The van der Waals surface area contributed by atoms with Gasteiger partial charge in [-0.15, -0.1) is 0 Å². The average Bonchev–Trinajstić information content (AvgIpc) is 2.87. The molecule has 0 fully saturated rings. The van der Waals surface area contributed by atoms with Gasteiger partial charge in [-0.05, 0) is 32.4 Å². The molecule has 1 amide bonds. The molecular weight excluding hydrogens is 266 g/mol. The lowest BCUT2D eigenvalue weighted by Gasteiger charge is -2.27. The summed E-state index contributed by atoms with van der Waals surface area (Å²) >= 11 is 0. The molecule has 3 rings (SSSR count). The van der Waals surface area contributed by atoms with Gasteiger partial charge < -0.3 is 14.3 Å². The van der Waals surface area contributed by atoms with Crippen LogP contribution in [0.4, 0.5) is 11.4 Å². The molecule has 2 heterocycles. The number of anilines is 2. The van der Waals surface area contributed by atoms with E-state index in [1.54, 1.807) is 6.07 Å². The van der Waals surface area contributed by atoms with E-state index in [-0.39, 0.29) is 11.9 Å². The first-order valence-corrected chi connectivity index (χ1v) is 7.15. The first kappa shape index (κ1) is 13.7. The van der Waals surface area contributed by atoms with Crippen molar-refractivity contribution in [2.45, 2.75) is 26.3 Å². The van der Waals surface area contributed by atoms with Crippen molar-refractivity contribution in [3.8, 4) is 0 Å². The fourth-order valence-electron chi connectivity index (χ4n) is 2.75. The van der Waals surface area contributed by atoms with E-state index in [4.69, 9.17) is 4.52 Å². The summed E-state index contributed by atoms with van der Waals surface area (Å²) in [6.07, 6.45) is 0.907. The van der Waals surface area contributed by atoms with Gasteiger partial charge in [0.1, 0.15) is 0 Å². The third kappa shape index (κ3) is 2.39. The summed E-state index contributed by atoms with van der Waals surface area (Å²) < 4.78 is 5.16. The zero-order valence-electron chi connectivity index (χ0n) is 12.5. The molecule has 1 unspecified atom stereocenters. The Balaban J connectivity index is 2.06. The van der Waals surface area contributed by atoms with E-state index in [0.29, 0.717) is 11.5 Å². The second-order valence-corrected chi connectivity index (χ2v) is 5.56. The molecule has 1 atom stereocenters. The third-order valence-electron chi connectivity index (χ3n) is 3.93. The van der Waals surface area contributed by atoms with Gasteiger partial charge in [0.25, 0.3) is 5.91 Å². The summed E-state index contributed by atoms with van der Waals surface area (Å²) in [6.45, 7) is 4.79. The number of aromatic nitrogens is 1. The minimum Gasteiger partial charge on any atom is -0.373 e. The summed E-state index contributed by atoms with van der Waals surface area (Å²) in [6, 6.07) is 9.76. The first-order valence-electron chi connectivity index (χ1n) is 7.15. The highest BCUT2D eigenvalue weighted by molar-refractivity contribution is 6.06. The van der Waals surface area contributed by atoms with Gasteiger partial charge >= 0.3 is 0 Å². The maximum atomic E-state index is 12.8. The molecule has 1 aromatic carbocycles. The van der Waals surface area contributed by atoms with E-state index in [0.717, 1.165) is 24.3 Å². The molecule has 5 nitrogen and oxygen atoms in total. The lowest BCUT2D eigenvalue weighted by molar-refractivity contribution is 0.0942. The van der Waals surface area contributed by atoms with Gasteiger partial charge in [0.2, 0.25) is 5.76 Å². The third-order valence-corrected chi connectivity index (χ3v) is 3.93. The van der Waals surface area contributed by atoms with Crippen LogP contribution in [-0.2, 0) is 0 Å². The molecule has 0 spiro atoms. The number of fused-ring (bicyclic) bond motifs is 1. The van der Waals surface area contributed by atoms with Gasteiger partial charge in [0.05, 0.1) is 17.1 Å². The van der Waals surface area contributed by atoms with Crippen LogP contribution in [0.5, 0.6) is 0 Å². The number of hydrogen-bond acceptors (Lipinski definition) is 4. The predicted octanol–water partition coefficient (Wildman–Crippen LogP) is 2.86. The minimum absolute atomic E-state index is 0.106. The van der Waals surface area contributed by atoms with E-state index in [1.807, 2.05) is 36.1 Å². The van der Waals surface area contributed by atoms with E-state index >= 15 is 0 Å². The Kier molecular flexibility index (Phi) is 3.41. The summed E-state index contributed by atoms with van der Waals surface area (Å²) in [5.41, 5.74) is 2.70. The van der Waals surface area contributed by atoms with Crippen molar-refractivity contribution in [3.05, 3.63) is 41.8 Å². The Morgan fingerprint density at radius 2 is 2.05 bits per heavy atom. The van der Waals surface area contributed by atoms with Crippen molar-refractivity contribution >= 4 is 17.3 Å². The number of aryl methyl sites for hydroxylation is 1. The molecule has 0 radical (unpaired) electrons. The highest BCUT2D eigenvalue weighted by Crippen LogP contribution is 2.34. The first-order chi connectivity index (χ1) is 10.1. The molecular formula is C16H19N3O2. The van der Waals surface area contributed by atoms with Crippen molar-refractivity contribution in [2.24, 2.45) is 0 Å². The fourth-order valence-corrected chi connectivity index (χ4v) is 2.75. The number of rotatable bonds is 1. The van der Waals surface area contributed by atoms with Crippen LogP contribution >= 0.6 is 0 Å². The SMILES string of the molecule is Cc1cc(C(=O)N2c3ccccc3N(C)CCC2C)on1. The Labute approximate surface area is 124 Å². The lowest BCUT2D eigenvalue weighted by atomic mass is 10.1. The average molecular weight is 285 g/mol. The van der Waals surface area contributed by atoms with Crippen LogP contribution in [0.15, 0.2) is 34.9 Å². The number of amides is 1. The summed E-state index contributed by atoms with van der Waals surface area (Å²) in [5, 5.41) is 3.82. The highest BCUT2D eigenvalue weighted by Gasteiger charge is 2.30. The maximum Gasteiger partial charge on any atom is 0.297 e. The van der Waals surface area contributed by atoms with Gasteiger partial charge in [-0.3, -0.25) is 4.79 Å². The molecule has 0 aliphatic carbocycles. The van der Waals surface area contributed by atoms with Crippen LogP contribution in [0, 0.1) is 6.92 Å². The number of carbonyl (C=O) groups is 1. The molecule has 1 aromatic heterocycles. The van der Waals surface area contributed by atoms with Crippen LogP contribution in [-0.4, -0.2) is 30.7 Å². The zero-order chi connectivity index (χ0) is 15.0. The Hall–Kier alpha value is -2.30. The van der Waals surface area contributed by atoms with Gasteiger partial charge in [0, 0.05) is 25.7 Å². The Bertz CT molecular complexity index is 665. The number of benzene rings is 1. The summed E-state index contributed by atoms with van der Waals surface area (Å²) in [5.74, 6) is 0.157. The summed E-state index contributed by atoms with van der Waals surface area (Å²) in [7, 11) is 2.05. The highest BCUT2D eigenvalue weighted by atomic mass is 16.5. The molecule has 21 heavy (non-hydrogen) atoms. The van der Waals surface area contributed by atoms with Crippen molar-refractivity contribution in [2.75, 3.05) is 23.4 Å². The second kappa shape index (κ2) is 5.24. The number of carbonyl (C=O) groups excluding carboxylic acids is 1. The van der Waals surface area contributed by atoms with Crippen LogP contribution in [0.2, 0.25) is 0 Å². The van der Waals surface area contributed by atoms with E-state index in [2.05, 4.69) is 24.0 Å². The Morgan fingerprint density at radius 1 is 1.33 bits per heavy atom. The molecule has 1 aliphatic heterocycles. The largest absolute Gasteiger partial charge is 0.373 e. The van der Waals surface area contributed by atoms with Gasteiger partial charge in [-0.1, -0.05) is 17.3 Å². The van der Waals surface area contributed by atoms with E-state index in [9.17, 15) is 4.79 Å². The second-order valence-electron chi connectivity index (χ2n) is 5.56. The molecule has 0 bridgehead atoms. The van der Waals surface area contributed by atoms with Crippen molar-refractivity contribution in [1.29, 1.82) is 0 Å². The van der Waals surface area contributed by atoms with E-state index in [1.165, 1.54) is 0 Å². The van der Waals surface area contributed by atoms with Gasteiger partial charge in [-0.2, -0.15) is 0 Å². The Morgan fingerprint density at radius 3 is 2.71 bits per heavy atom. The van der Waals surface area contributed by atoms with Crippen molar-refractivity contribution < 1.29 is 9.32 Å². The monoisotopic (exact) mass is 285 g/mol. The normalized spacial score (nSPS) is 18.3. The summed E-state index contributed by atoms with van der Waals surface area (Å²) in [4.78, 5) is 16.8. The van der Waals surface area contributed by atoms with Crippen LogP contribution in [0.25, 0.3) is 0 Å². The molecule has 5 heteroatoms. The number of nitrogens with zero attached hydrogens (tertiary/aromatic N) is 3. The number of para-hydroxylation sites is 2. The number of hydrogen-bond donors (Lipinski definition) is 0. The predicted molar refractivity (Wildman–Crippen MR) is 81.8 cm³/mol. The fraction of sp³-hybridized carbons (Fsp3) is 0.375. The molecule has 0 saturated heterocycles. The molecule has 0 N–H and O–H groups in total. The van der Waals surface area contributed by atoms with Gasteiger partial charge in [-0.25, -0.2) is 0 Å².